The van der Waals surface area contributed by atoms with Crippen LogP contribution in [-0.4, -0.2) is 37.8 Å². The second-order valence-electron chi connectivity index (χ2n) is 7.77. The first-order valence-corrected chi connectivity index (χ1v) is 11.8. The molecular weight excluding hydrogens is 372 g/mol. The molecule has 1 fully saturated rings. The van der Waals surface area contributed by atoms with Gasteiger partial charge < -0.3 is 10.6 Å². The van der Waals surface area contributed by atoms with Crippen LogP contribution in [0.25, 0.3) is 0 Å². The van der Waals surface area contributed by atoms with E-state index in [-0.39, 0.29) is 35.3 Å². The summed E-state index contributed by atoms with van der Waals surface area (Å²) in [6, 6.07) is -0.348. The van der Waals surface area contributed by atoms with Crippen molar-refractivity contribution in [3.8, 4) is 0 Å². The van der Waals surface area contributed by atoms with Crippen LogP contribution in [0.2, 0.25) is 0 Å². The molecule has 1 aliphatic carbocycles. The molecule has 0 radical (unpaired) electrons. The zero-order valence-corrected chi connectivity index (χ0v) is 17.1. The average molecular weight is 399 g/mol. The number of amides is 2. The summed E-state index contributed by atoms with van der Waals surface area (Å²) in [5.41, 5.74) is 1.56. The minimum atomic E-state index is -3.06. The van der Waals surface area contributed by atoms with Crippen LogP contribution in [0.5, 0.6) is 0 Å². The number of hydrogen-bond acceptors (Lipinski definition) is 5. The van der Waals surface area contributed by atoms with Crippen molar-refractivity contribution in [1.82, 2.24) is 5.32 Å². The third kappa shape index (κ3) is 4.11. The molecule has 2 N–H and O–H groups in total. The van der Waals surface area contributed by atoms with Crippen molar-refractivity contribution in [2.45, 2.75) is 52.5 Å². The van der Waals surface area contributed by atoms with Crippen molar-refractivity contribution >= 4 is 38.0 Å². The standard InChI is InChI=1S/C18H26N2O4S2/c1-10(2)16(21)20-18-15(13-5-4-11(3)8-14(13)25-18)17(22)19-12-6-7-26(23,24)9-12/h10-12H,4-9H2,1-3H3,(H,19,22)(H,20,21). The number of sulfone groups is 1. The molecule has 3 rings (SSSR count). The Bertz CT molecular complexity index is 826. The Kier molecular flexibility index (Phi) is 5.44. The molecule has 26 heavy (non-hydrogen) atoms. The molecule has 1 aromatic heterocycles. The van der Waals surface area contributed by atoms with Gasteiger partial charge in [0.05, 0.1) is 17.1 Å². The lowest BCUT2D eigenvalue weighted by molar-refractivity contribution is -0.118. The van der Waals surface area contributed by atoms with Crippen LogP contribution in [0.3, 0.4) is 0 Å². The number of nitrogens with one attached hydrogen (secondary N) is 2. The summed E-state index contributed by atoms with van der Waals surface area (Å²) >= 11 is 1.49. The maximum absolute atomic E-state index is 12.9. The lowest BCUT2D eigenvalue weighted by atomic mass is 9.88. The van der Waals surface area contributed by atoms with Crippen molar-refractivity contribution < 1.29 is 18.0 Å². The largest absolute Gasteiger partial charge is 0.348 e. The molecule has 144 valence electrons. The van der Waals surface area contributed by atoms with E-state index >= 15 is 0 Å². The maximum Gasteiger partial charge on any atom is 0.254 e. The van der Waals surface area contributed by atoms with E-state index in [0.29, 0.717) is 22.9 Å². The van der Waals surface area contributed by atoms with E-state index in [0.717, 1.165) is 29.7 Å². The van der Waals surface area contributed by atoms with Gasteiger partial charge in [-0.15, -0.1) is 11.3 Å². The summed E-state index contributed by atoms with van der Waals surface area (Å²) in [4.78, 5) is 26.3. The highest BCUT2D eigenvalue weighted by molar-refractivity contribution is 7.91. The fraction of sp³-hybridized carbons (Fsp3) is 0.667. The number of hydrogen-bond donors (Lipinski definition) is 2. The highest BCUT2D eigenvalue weighted by Crippen LogP contribution is 2.40. The Labute approximate surface area is 158 Å². The smallest absolute Gasteiger partial charge is 0.254 e. The lowest BCUT2D eigenvalue weighted by Crippen LogP contribution is -2.36. The fourth-order valence-corrected chi connectivity index (χ4v) is 6.59. The normalized spacial score (nSPS) is 24.3. The summed E-state index contributed by atoms with van der Waals surface area (Å²) in [7, 11) is -3.06. The third-order valence-electron chi connectivity index (χ3n) is 5.07. The highest BCUT2D eigenvalue weighted by atomic mass is 32.2. The average Bonchev–Trinajstić information content (AvgIpc) is 3.05. The molecule has 8 heteroatoms. The molecule has 2 amide bonds. The van der Waals surface area contributed by atoms with Crippen LogP contribution in [-0.2, 0) is 27.5 Å². The molecule has 2 atom stereocenters. The van der Waals surface area contributed by atoms with Gasteiger partial charge in [0.15, 0.2) is 9.84 Å². The molecular formula is C18H26N2O4S2. The van der Waals surface area contributed by atoms with Crippen molar-refractivity contribution in [2.75, 3.05) is 16.8 Å². The van der Waals surface area contributed by atoms with E-state index in [1.165, 1.54) is 11.3 Å². The van der Waals surface area contributed by atoms with Gasteiger partial charge in [-0.25, -0.2) is 8.42 Å². The van der Waals surface area contributed by atoms with E-state index < -0.39 is 9.84 Å². The number of rotatable bonds is 4. The predicted molar refractivity (Wildman–Crippen MR) is 104 cm³/mol. The minimum Gasteiger partial charge on any atom is -0.348 e. The number of anilines is 1. The Morgan fingerprint density at radius 1 is 1.23 bits per heavy atom. The van der Waals surface area contributed by atoms with E-state index in [4.69, 9.17) is 0 Å². The Morgan fingerprint density at radius 3 is 2.58 bits per heavy atom. The van der Waals surface area contributed by atoms with Crippen LogP contribution >= 0.6 is 11.3 Å². The first-order chi connectivity index (χ1) is 12.2. The molecule has 0 bridgehead atoms. The van der Waals surface area contributed by atoms with Gasteiger partial charge in [0, 0.05) is 16.8 Å². The van der Waals surface area contributed by atoms with Gasteiger partial charge >= 0.3 is 0 Å². The molecule has 1 saturated heterocycles. The summed E-state index contributed by atoms with van der Waals surface area (Å²) in [5.74, 6) is 0.117. The Balaban J connectivity index is 1.88. The van der Waals surface area contributed by atoms with Crippen LogP contribution in [0, 0.1) is 11.8 Å². The Hall–Kier alpha value is -1.41. The van der Waals surface area contributed by atoms with Gasteiger partial charge in [0.2, 0.25) is 5.91 Å². The van der Waals surface area contributed by atoms with Gasteiger partial charge in [-0.05, 0) is 37.2 Å². The van der Waals surface area contributed by atoms with E-state index in [9.17, 15) is 18.0 Å². The molecule has 2 unspecified atom stereocenters. The first kappa shape index (κ1) is 19.4. The monoisotopic (exact) mass is 398 g/mol. The summed E-state index contributed by atoms with van der Waals surface area (Å²) in [6.45, 7) is 5.82. The quantitative estimate of drug-likeness (QED) is 0.814. The van der Waals surface area contributed by atoms with Crippen LogP contribution < -0.4 is 10.6 Å². The summed E-state index contributed by atoms with van der Waals surface area (Å²) < 4.78 is 23.3. The van der Waals surface area contributed by atoms with Gasteiger partial charge in [-0.2, -0.15) is 0 Å². The predicted octanol–water partition coefficient (Wildman–Crippen LogP) is 2.38. The zero-order chi connectivity index (χ0) is 19.1. The minimum absolute atomic E-state index is 0.00418. The van der Waals surface area contributed by atoms with Gasteiger partial charge in [-0.3, -0.25) is 9.59 Å². The van der Waals surface area contributed by atoms with E-state index in [1.54, 1.807) is 0 Å². The summed E-state index contributed by atoms with van der Waals surface area (Å²) in [6.07, 6.45) is 3.19. The zero-order valence-electron chi connectivity index (χ0n) is 15.4. The van der Waals surface area contributed by atoms with Crippen molar-refractivity contribution in [3.63, 3.8) is 0 Å². The van der Waals surface area contributed by atoms with Crippen molar-refractivity contribution in [2.24, 2.45) is 11.8 Å². The second-order valence-corrected chi connectivity index (χ2v) is 11.1. The topological polar surface area (TPSA) is 92.3 Å². The van der Waals surface area contributed by atoms with Crippen molar-refractivity contribution in [3.05, 3.63) is 16.0 Å². The SMILES string of the molecule is CC1CCc2c(sc(NC(=O)C(C)C)c2C(=O)NC2CCS(=O)(=O)C2)C1. The van der Waals surface area contributed by atoms with E-state index in [2.05, 4.69) is 17.6 Å². The lowest BCUT2D eigenvalue weighted by Gasteiger charge is -2.19. The van der Waals surface area contributed by atoms with Crippen LogP contribution in [0.4, 0.5) is 5.00 Å². The number of carbonyl (C=O) groups is 2. The molecule has 1 aliphatic heterocycles. The first-order valence-electron chi connectivity index (χ1n) is 9.13. The number of carbonyl (C=O) groups excluding carboxylic acids is 2. The molecule has 6 nitrogen and oxygen atoms in total. The molecule has 2 aliphatic rings. The summed E-state index contributed by atoms with van der Waals surface area (Å²) in [5, 5.41) is 6.38. The fourth-order valence-electron chi connectivity index (χ4n) is 3.50. The second kappa shape index (κ2) is 7.31. The van der Waals surface area contributed by atoms with Gasteiger partial charge in [-0.1, -0.05) is 20.8 Å². The number of thiophene rings is 1. The molecule has 0 spiro atoms. The Morgan fingerprint density at radius 2 is 1.96 bits per heavy atom. The van der Waals surface area contributed by atoms with Gasteiger partial charge in [0.25, 0.3) is 5.91 Å². The maximum atomic E-state index is 12.9. The van der Waals surface area contributed by atoms with Gasteiger partial charge in [0.1, 0.15) is 5.00 Å². The molecule has 0 saturated carbocycles. The molecule has 0 aromatic carbocycles. The highest BCUT2D eigenvalue weighted by Gasteiger charge is 2.33. The van der Waals surface area contributed by atoms with E-state index in [1.807, 2.05) is 13.8 Å². The van der Waals surface area contributed by atoms with Crippen molar-refractivity contribution in [1.29, 1.82) is 0 Å². The molecule has 1 aromatic rings. The number of fused-ring (bicyclic) bond motifs is 1. The van der Waals surface area contributed by atoms with Crippen LogP contribution in [0.15, 0.2) is 0 Å². The van der Waals surface area contributed by atoms with Crippen LogP contribution in [0.1, 0.15) is 54.4 Å². The molecule has 2 heterocycles. The third-order valence-corrected chi connectivity index (χ3v) is 8.01.